The second-order valence-corrected chi connectivity index (χ2v) is 6.98. The predicted octanol–water partition coefficient (Wildman–Crippen LogP) is 1.90. The van der Waals surface area contributed by atoms with Crippen LogP contribution in [0.3, 0.4) is 0 Å². The van der Waals surface area contributed by atoms with E-state index < -0.39 is 0 Å². The minimum atomic E-state index is -0.281. The van der Waals surface area contributed by atoms with Gasteiger partial charge in [0.2, 0.25) is 5.91 Å². The fourth-order valence-corrected chi connectivity index (χ4v) is 3.65. The van der Waals surface area contributed by atoms with Gasteiger partial charge in [0.05, 0.1) is 12.1 Å². The summed E-state index contributed by atoms with van der Waals surface area (Å²) in [5.41, 5.74) is 1.47. The SMILES string of the molecule is O=C(Cc1csc(-c2cccc(F)c2)n1)NCCCN1CCNCC1. The molecule has 1 aliphatic rings. The van der Waals surface area contributed by atoms with Crippen molar-refractivity contribution in [2.75, 3.05) is 39.3 Å². The third kappa shape index (κ3) is 5.59. The molecule has 0 bridgehead atoms. The minimum Gasteiger partial charge on any atom is -0.356 e. The highest BCUT2D eigenvalue weighted by molar-refractivity contribution is 7.13. The first-order valence-corrected chi connectivity index (χ1v) is 9.49. The molecule has 0 unspecified atom stereocenters. The Kier molecular flexibility index (Phi) is 6.49. The van der Waals surface area contributed by atoms with Crippen molar-refractivity contribution < 1.29 is 9.18 Å². The second-order valence-electron chi connectivity index (χ2n) is 6.13. The Morgan fingerprint density at radius 2 is 2.20 bits per heavy atom. The van der Waals surface area contributed by atoms with Crippen LogP contribution >= 0.6 is 11.3 Å². The van der Waals surface area contributed by atoms with E-state index in [1.807, 2.05) is 11.4 Å². The molecule has 0 aliphatic carbocycles. The third-order valence-corrected chi connectivity index (χ3v) is 5.09. The summed E-state index contributed by atoms with van der Waals surface area (Å²) in [6.45, 7) is 5.95. The number of hydrogen-bond donors (Lipinski definition) is 2. The zero-order valence-electron chi connectivity index (χ0n) is 14.1. The van der Waals surface area contributed by atoms with Gasteiger partial charge in [0.1, 0.15) is 10.8 Å². The molecule has 2 heterocycles. The monoisotopic (exact) mass is 362 g/mol. The van der Waals surface area contributed by atoms with E-state index >= 15 is 0 Å². The molecule has 0 radical (unpaired) electrons. The van der Waals surface area contributed by atoms with Crippen molar-refractivity contribution in [2.24, 2.45) is 0 Å². The maximum absolute atomic E-state index is 13.3. The number of amides is 1. The highest BCUT2D eigenvalue weighted by Gasteiger charge is 2.11. The van der Waals surface area contributed by atoms with Crippen molar-refractivity contribution in [1.29, 1.82) is 0 Å². The van der Waals surface area contributed by atoms with E-state index in [1.54, 1.807) is 6.07 Å². The van der Waals surface area contributed by atoms with Crippen LogP contribution in [0.15, 0.2) is 29.6 Å². The maximum Gasteiger partial charge on any atom is 0.226 e. The van der Waals surface area contributed by atoms with Crippen LogP contribution in [-0.4, -0.2) is 55.1 Å². The molecule has 7 heteroatoms. The Balaban J connectivity index is 1.41. The Hall–Kier alpha value is -1.83. The molecule has 0 spiro atoms. The van der Waals surface area contributed by atoms with Crippen molar-refractivity contribution in [3.8, 4) is 10.6 Å². The van der Waals surface area contributed by atoms with E-state index in [1.165, 1.54) is 23.5 Å². The number of nitrogens with zero attached hydrogens (tertiary/aromatic N) is 2. The van der Waals surface area contributed by atoms with Gasteiger partial charge in [-0.2, -0.15) is 0 Å². The normalized spacial score (nSPS) is 15.2. The van der Waals surface area contributed by atoms with Crippen LogP contribution in [0.1, 0.15) is 12.1 Å². The topological polar surface area (TPSA) is 57.3 Å². The molecule has 2 N–H and O–H groups in total. The summed E-state index contributed by atoms with van der Waals surface area (Å²) < 4.78 is 13.3. The van der Waals surface area contributed by atoms with Crippen molar-refractivity contribution in [3.63, 3.8) is 0 Å². The van der Waals surface area contributed by atoms with E-state index in [0.29, 0.717) is 6.54 Å². The molecule has 1 aromatic heterocycles. The fraction of sp³-hybridized carbons (Fsp3) is 0.444. The Morgan fingerprint density at radius 1 is 1.36 bits per heavy atom. The average Bonchev–Trinajstić information content (AvgIpc) is 3.08. The van der Waals surface area contributed by atoms with Gasteiger partial charge in [0, 0.05) is 43.7 Å². The number of carbonyl (C=O) groups is 1. The Labute approximate surface area is 151 Å². The average molecular weight is 362 g/mol. The lowest BCUT2D eigenvalue weighted by Crippen LogP contribution is -2.44. The van der Waals surface area contributed by atoms with Crippen molar-refractivity contribution in [3.05, 3.63) is 41.2 Å². The first kappa shape index (κ1) is 18.0. The van der Waals surface area contributed by atoms with Gasteiger partial charge in [-0.15, -0.1) is 11.3 Å². The summed E-state index contributed by atoms with van der Waals surface area (Å²) in [6, 6.07) is 6.35. The first-order chi connectivity index (χ1) is 12.2. The smallest absolute Gasteiger partial charge is 0.226 e. The van der Waals surface area contributed by atoms with E-state index in [-0.39, 0.29) is 18.1 Å². The number of piperazine rings is 1. The van der Waals surface area contributed by atoms with E-state index in [0.717, 1.165) is 55.4 Å². The van der Waals surface area contributed by atoms with E-state index in [4.69, 9.17) is 0 Å². The molecule has 1 aromatic carbocycles. The lowest BCUT2D eigenvalue weighted by Gasteiger charge is -2.27. The third-order valence-electron chi connectivity index (χ3n) is 4.15. The lowest BCUT2D eigenvalue weighted by molar-refractivity contribution is -0.120. The predicted molar refractivity (Wildman–Crippen MR) is 98.1 cm³/mol. The number of hydrogen-bond acceptors (Lipinski definition) is 5. The Bertz CT molecular complexity index is 700. The summed E-state index contributed by atoms with van der Waals surface area (Å²) >= 11 is 1.43. The molecule has 0 saturated carbocycles. The van der Waals surface area contributed by atoms with Crippen molar-refractivity contribution >= 4 is 17.2 Å². The zero-order chi connectivity index (χ0) is 17.5. The van der Waals surface area contributed by atoms with Gasteiger partial charge in [0.25, 0.3) is 0 Å². The molecule has 1 amide bonds. The van der Waals surface area contributed by atoms with Crippen LogP contribution in [0, 0.1) is 5.82 Å². The maximum atomic E-state index is 13.3. The van der Waals surface area contributed by atoms with Crippen LogP contribution < -0.4 is 10.6 Å². The highest BCUT2D eigenvalue weighted by Crippen LogP contribution is 2.24. The van der Waals surface area contributed by atoms with Crippen LogP contribution in [0.5, 0.6) is 0 Å². The van der Waals surface area contributed by atoms with Gasteiger partial charge in [0.15, 0.2) is 0 Å². The molecule has 1 aliphatic heterocycles. The minimum absolute atomic E-state index is 0.0172. The fourth-order valence-electron chi connectivity index (χ4n) is 2.83. The van der Waals surface area contributed by atoms with Crippen LogP contribution in [0.25, 0.3) is 10.6 Å². The van der Waals surface area contributed by atoms with E-state index in [2.05, 4.69) is 20.5 Å². The van der Waals surface area contributed by atoms with Gasteiger partial charge in [-0.05, 0) is 25.1 Å². The molecule has 5 nitrogen and oxygen atoms in total. The summed E-state index contributed by atoms with van der Waals surface area (Å²) in [5.74, 6) is -0.298. The van der Waals surface area contributed by atoms with Gasteiger partial charge < -0.3 is 15.5 Å². The number of aromatic nitrogens is 1. The number of carbonyl (C=O) groups excluding carboxylic acids is 1. The molecular formula is C18H23FN4OS. The first-order valence-electron chi connectivity index (χ1n) is 8.61. The zero-order valence-corrected chi connectivity index (χ0v) is 14.9. The highest BCUT2D eigenvalue weighted by atomic mass is 32.1. The quantitative estimate of drug-likeness (QED) is 0.739. The number of benzene rings is 1. The number of halogens is 1. The molecule has 25 heavy (non-hydrogen) atoms. The molecule has 134 valence electrons. The van der Waals surface area contributed by atoms with E-state index in [9.17, 15) is 9.18 Å². The van der Waals surface area contributed by atoms with Gasteiger partial charge in [-0.25, -0.2) is 9.37 Å². The number of nitrogens with one attached hydrogen (secondary N) is 2. The van der Waals surface area contributed by atoms with Gasteiger partial charge >= 0.3 is 0 Å². The molecule has 0 atom stereocenters. The molecule has 2 aromatic rings. The summed E-state index contributed by atoms with van der Waals surface area (Å²) in [6.07, 6.45) is 1.22. The molecule has 3 rings (SSSR count). The van der Waals surface area contributed by atoms with Crippen molar-refractivity contribution in [1.82, 2.24) is 20.5 Å². The molecule has 1 fully saturated rings. The molecule has 1 saturated heterocycles. The van der Waals surface area contributed by atoms with Crippen LogP contribution in [0.2, 0.25) is 0 Å². The number of thiazole rings is 1. The largest absolute Gasteiger partial charge is 0.356 e. The lowest BCUT2D eigenvalue weighted by atomic mass is 10.2. The number of rotatable bonds is 7. The summed E-state index contributed by atoms with van der Waals surface area (Å²) in [5, 5.41) is 8.88. The van der Waals surface area contributed by atoms with Crippen molar-refractivity contribution in [2.45, 2.75) is 12.8 Å². The Morgan fingerprint density at radius 3 is 3.00 bits per heavy atom. The summed E-state index contributed by atoms with van der Waals surface area (Å²) in [7, 11) is 0. The molecular weight excluding hydrogens is 339 g/mol. The van der Waals surface area contributed by atoms with Crippen LogP contribution in [0.4, 0.5) is 4.39 Å². The van der Waals surface area contributed by atoms with Crippen LogP contribution in [-0.2, 0) is 11.2 Å². The second kappa shape index (κ2) is 9.03. The summed E-state index contributed by atoms with van der Waals surface area (Å²) in [4.78, 5) is 18.9. The van der Waals surface area contributed by atoms with Gasteiger partial charge in [-0.3, -0.25) is 4.79 Å². The van der Waals surface area contributed by atoms with Gasteiger partial charge in [-0.1, -0.05) is 12.1 Å². The standard InChI is InChI=1S/C18H23FN4OS/c19-15-4-1-3-14(11-15)18-22-16(13-25-18)12-17(24)21-5-2-8-23-9-6-20-7-10-23/h1,3-4,11,13,20H,2,5-10,12H2,(H,21,24).